The Labute approximate surface area is 121 Å². The lowest BCUT2D eigenvalue weighted by molar-refractivity contribution is 0.0818. The van der Waals surface area contributed by atoms with Crippen molar-refractivity contribution < 1.29 is 9.53 Å². The molecule has 1 saturated heterocycles. The van der Waals surface area contributed by atoms with Gasteiger partial charge in [0.2, 0.25) is 0 Å². The van der Waals surface area contributed by atoms with E-state index < -0.39 is 0 Å². The number of carbonyl (C=O) groups excluding carboxylic acids is 1. The van der Waals surface area contributed by atoms with Gasteiger partial charge in [-0.2, -0.15) is 10.4 Å². The molecule has 0 aliphatic carbocycles. The second kappa shape index (κ2) is 5.42. The molecular formula is C14H15N5O2. The minimum Gasteiger partial charge on any atom is -0.371 e. The molecule has 1 aliphatic rings. The van der Waals surface area contributed by atoms with Gasteiger partial charge in [0, 0.05) is 31.6 Å². The standard InChI is InChI=1S/C14H15N5O2/c1-19-8-10(7-17-19)13-11(2-3-21-13)18-14(20)12-4-9(5-15)6-16-12/h4,6-8,11,13,16H,2-3H2,1H3,(H,18,20)/t11-,13+/m0/s1. The Morgan fingerprint density at radius 1 is 1.67 bits per heavy atom. The summed E-state index contributed by atoms with van der Waals surface area (Å²) in [5.74, 6) is -0.235. The van der Waals surface area contributed by atoms with E-state index in [-0.39, 0.29) is 18.1 Å². The van der Waals surface area contributed by atoms with E-state index in [4.69, 9.17) is 10.00 Å². The predicted molar refractivity (Wildman–Crippen MR) is 73.3 cm³/mol. The zero-order valence-electron chi connectivity index (χ0n) is 11.5. The van der Waals surface area contributed by atoms with Crippen molar-refractivity contribution in [3.8, 4) is 6.07 Å². The minimum atomic E-state index is -0.235. The van der Waals surface area contributed by atoms with Crippen molar-refractivity contribution in [1.29, 1.82) is 5.26 Å². The van der Waals surface area contributed by atoms with Crippen molar-refractivity contribution in [3.05, 3.63) is 41.5 Å². The first kappa shape index (κ1) is 13.4. The third-order valence-electron chi connectivity index (χ3n) is 3.52. The summed E-state index contributed by atoms with van der Waals surface area (Å²) < 4.78 is 7.41. The highest BCUT2D eigenvalue weighted by molar-refractivity contribution is 5.93. The molecule has 21 heavy (non-hydrogen) atoms. The zero-order chi connectivity index (χ0) is 14.8. The van der Waals surface area contributed by atoms with Crippen molar-refractivity contribution in [2.24, 2.45) is 7.05 Å². The van der Waals surface area contributed by atoms with Gasteiger partial charge in [-0.25, -0.2) is 0 Å². The molecule has 1 amide bonds. The monoisotopic (exact) mass is 285 g/mol. The van der Waals surface area contributed by atoms with E-state index >= 15 is 0 Å². The molecule has 7 nitrogen and oxygen atoms in total. The Morgan fingerprint density at radius 2 is 2.52 bits per heavy atom. The summed E-state index contributed by atoms with van der Waals surface area (Å²) >= 11 is 0. The SMILES string of the molecule is Cn1cc([C@H]2OCC[C@@H]2NC(=O)c2cc(C#N)c[nH]2)cn1. The van der Waals surface area contributed by atoms with Gasteiger partial charge >= 0.3 is 0 Å². The number of amides is 1. The zero-order valence-corrected chi connectivity index (χ0v) is 11.5. The van der Waals surface area contributed by atoms with Gasteiger partial charge < -0.3 is 15.0 Å². The molecule has 108 valence electrons. The lowest BCUT2D eigenvalue weighted by Crippen LogP contribution is -2.36. The number of carbonyl (C=O) groups is 1. The summed E-state index contributed by atoms with van der Waals surface area (Å²) in [4.78, 5) is 15.0. The van der Waals surface area contributed by atoms with Crippen molar-refractivity contribution >= 4 is 5.91 Å². The number of rotatable bonds is 3. The van der Waals surface area contributed by atoms with E-state index in [1.165, 1.54) is 12.3 Å². The number of aromatic amines is 1. The largest absolute Gasteiger partial charge is 0.371 e. The Balaban J connectivity index is 1.71. The molecule has 0 unspecified atom stereocenters. The van der Waals surface area contributed by atoms with E-state index in [2.05, 4.69) is 15.4 Å². The van der Waals surface area contributed by atoms with Gasteiger partial charge in [-0.1, -0.05) is 0 Å². The van der Waals surface area contributed by atoms with Gasteiger partial charge in [0.1, 0.15) is 17.9 Å². The fourth-order valence-electron chi connectivity index (χ4n) is 2.49. The highest BCUT2D eigenvalue weighted by atomic mass is 16.5. The Morgan fingerprint density at radius 3 is 3.19 bits per heavy atom. The summed E-state index contributed by atoms with van der Waals surface area (Å²) in [7, 11) is 1.84. The van der Waals surface area contributed by atoms with Crippen molar-refractivity contribution in [2.75, 3.05) is 6.61 Å². The van der Waals surface area contributed by atoms with Crippen molar-refractivity contribution in [3.63, 3.8) is 0 Å². The molecule has 1 aliphatic heterocycles. The van der Waals surface area contributed by atoms with Gasteiger partial charge in [-0.3, -0.25) is 9.48 Å². The third-order valence-corrected chi connectivity index (χ3v) is 3.52. The number of aryl methyl sites for hydroxylation is 1. The Kier molecular flexibility index (Phi) is 3.46. The maximum Gasteiger partial charge on any atom is 0.268 e. The van der Waals surface area contributed by atoms with E-state index in [0.29, 0.717) is 17.9 Å². The normalized spacial score (nSPS) is 21.1. The fraction of sp³-hybridized carbons (Fsp3) is 0.357. The number of ether oxygens (including phenoxy) is 1. The fourth-order valence-corrected chi connectivity index (χ4v) is 2.49. The topological polar surface area (TPSA) is 95.7 Å². The van der Waals surface area contributed by atoms with Crippen LogP contribution in [0.3, 0.4) is 0 Å². The first-order valence-electron chi connectivity index (χ1n) is 6.67. The molecule has 0 spiro atoms. The second-order valence-corrected chi connectivity index (χ2v) is 5.02. The maximum atomic E-state index is 12.2. The first-order chi connectivity index (χ1) is 10.2. The highest BCUT2D eigenvalue weighted by Gasteiger charge is 2.32. The van der Waals surface area contributed by atoms with Crippen LogP contribution in [0.4, 0.5) is 0 Å². The van der Waals surface area contributed by atoms with Crippen LogP contribution >= 0.6 is 0 Å². The lowest BCUT2D eigenvalue weighted by Gasteiger charge is -2.18. The minimum absolute atomic E-state index is 0.101. The Bertz CT molecular complexity index is 696. The van der Waals surface area contributed by atoms with E-state index in [1.54, 1.807) is 10.9 Å². The second-order valence-electron chi connectivity index (χ2n) is 5.02. The van der Waals surface area contributed by atoms with Crippen LogP contribution in [0.1, 0.15) is 34.1 Å². The van der Waals surface area contributed by atoms with Crippen molar-refractivity contribution in [2.45, 2.75) is 18.6 Å². The average Bonchev–Trinajstić information content (AvgIpc) is 3.17. The molecule has 3 heterocycles. The quantitative estimate of drug-likeness (QED) is 0.875. The van der Waals surface area contributed by atoms with Crippen LogP contribution in [0.5, 0.6) is 0 Å². The molecule has 2 N–H and O–H groups in total. The molecule has 0 saturated carbocycles. The molecule has 0 radical (unpaired) electrons. The van der Waals surface area contributed by atoms with Crippen LogP contribution < -0.4 is 5.32 Å². The highest BCUT2D eigenvalue weighted by Crippen LogP contribution is 2.28. The molecule has 0 aromatic carbocycles. The lowest BCUT2D eigenvalue weighted by atomic mass is 10.1. The molecule has 2 aromatic heterocycles. The van der Waals surface area contributed by atoms with Crippen LogP contribution in [-0.4, -0.2) is 33.3 Å². The van der Waals surface area contributed by atoms with Gasteiger partial charge in [0.15, 0.2) is 0 Å². The summed E-state index contributed by atoms with van der Waals surface area (Å²) in [6.07, 6.45) is 5.71. The maximum absolute atomic E-state index is 12.2. The van der Waals surface area contributed by atoms with Crippen molar-refractivity contribution in [1.82, 2.24) is 20.1 Å². The number of H-pyrrole nitrogens is 1. The summed E-state index contributed by atoms with van der Waals surface area (Å²) in [6.45, 7) is 0.596. The van der Waals surface area contributed by atoms with Crippen LogP contribution in [0.15, 0.2) is 24.7 Å². The van der Waals surface area contributed by atoms with Gasteiger partial charge in [-0.15, -0.1) is 0 Å². The molecule has 2 aromatic rings. The first-order valence-corrected chi connectivity index (χ1v) is 6.67. The van der Waals surface area contributed by atoms with Gasteiger partial charge in [0.25, 0.3) is 5.91 Å². The van der Waals surface area contributed by atoms with Gasteiger partial charge in [0.05, 0.1) is 17.8 Å². The number of aromatic nitrogens is 3. The molecular weight excluding hydrogens is 270 g/mol. The molecule has 0 bridgehead atoms. The van der Waals surface area contributed by atoms with E-state index in [0.717, 1.165) is 12.0 Å². The van der Waals surface area contributed by atoms with E-state index in [1.807, 2.05) is 19.3 Å². The number of hydrogen-bond acceptors (Lipinski definition) is 4. The molecule has 7 heteroatoms. The van der Waals surface area contributed by atoms with Crippen LogP contribution in [0.25, 0.3) is 0 Å². The number of nitrogens with zero attached hydrogens (tertiary/aromatic N) is 3. The smallest absolute Gasteiger partial charge is 0.268 e. The number of nitrogens with one attached hydrogen (secondary N) is 2. The van der Waals surface area contributed by atoms with Crippen LogP contribution in [0.2, 0.25) is 0 Å². The number of nitriles is 1. The number of hydrogen-bond donors (Lipinski definition) is 2. The summed E-state index contributed by atoms with van der Waals surface area (Å²) in [5, 5.41) is 15.9. The molecule has 1 fully saturated rings. The molecule has 2 atom stereocenters. The predicted octanol–water partition coefficient (Wildman–Crippen LogP) is 0.880. The van der Waals surface area contributed by atoms with Crippen LogP contribution in [0, 0.1) is 11.3 Å². The van der Waals surface area contributed by atoms with Gasteiger partial charge in [-0.05, 0) is 12.5 Å². The summed E-state index contributed by atoms with van der Waals surface area (Å²) in [5.41, 5.74) is 1.76. The van der Waals surface area contributed by atoms with E-state index in [9.17, 15) is 4.79 Å². The van der Waals surface area contributed by atoms with Crippen LogP contribution in [-0.2, 0) is 11.8 Å². The third kappa shape index (κ3) is 2.66. The Hall–Kier alpha value is -2.59. The summed E-state index contributed by atoms with van der Waals surface area (Å²) in [6, 6.07) is 3.42. The average molecular weight is 285 g/mol. The molecule has 3 rings (SSSR count).